The van der Waals surface area contributed by atoms with E-state index in [1.807, 2.05) is 19.1 Å². The lowest BCUT2D eigenvalue weighted by atomic mass is 10.2. The first-order chi connectivity index (χ1) is 12.2. The number of urea groups is 1. The first-order valence-corrected chi connectivity index (χ1v) is 7.93. The Bertz CT molecular complexity index is 833. The van der Waals surface area contributed by atoms with Crippen molar-refractivity contribution in [1.29, 1.82) is 0 Å². The number of halogens is 1. The summed E-state index contributed by atoms with van der Waals surface area (Å²) in [6.07, 6.45) is 3.20. The number of aromatic nitrogens is 3. The number of nitrogens with zero attached hydrogens (tertiary/aromatic N) is 4. The SMILES string of the molecule is CCN(Cc1cccc(F)c1)C(=O)Nc1ccc(-n2nccn2)cc1. The number of rotatable bonds is 5. The molecule has 2 amide bonds. The number of anilines is 1. The second-order valence-corrected chi connectivity index (χ2v) is 5.44. The minimum Gasteiger partial charge on any atom is -0.320 e. The van der Waals surface area contributed by atoms with Crippen LogP contribution in [0.25, 0.3) is 5.69 Å². The summed E-state index contributed by atoms with van der Waals surface area (Å²) in [5, 5.41) is 10.9. The molecule has 7 heteroatoms. The molecular weight excluding hydrogens is 321 g/mol. The molecule has 0 saturated heterocycles. The number of benzene rings is 2. The minimum atomic E-state index is -0.309. The van der Waals surface area contributed by atoms with E-state index in [4.69, 9.17) is 0 Å². The molecule has 0 aliphatic heterocycles. The third-order valence-corrected chi connectivity index (χ3v) is 3.70. The molecule has 128 valence electrons. The fourth-order valence-electron chi connectivity index (χ4n) is 2.41. The Hall–Kier alpha value is -3.22. The van der Waals surface area contributed by atoms with Gasteiger partial charge in [-0.25, -0.2) is 9.18 Å². The smallest absolute Gasteiger partial charge is 0.320 e. The highest BCUT2D eigenvalue weighted by Gasteiger charge is 2.13. The van der Waals surface area contributed by atoms with Gasteiger partial charge in [0.05, 0.1) is 18.1 Å². The first-order valence-electron chi connectivity index (χ1n) is 7.93. The van der Waals surface area contributed by atoms with Gasteiger partial charge in [-0.1, -0.05) is 12.1 Å². The molecule has 2 aromatic carbocycles. The van der Waals surface area contributed by atoms with Crippen molar-refractivity contribution in [2.75, 3.05) is 11.9 Å². The van der Waals surface area contributed by atoms with Crippen LogP contribution >= 0.6 is 0 Å². The Kier molecular flexibility index (Phi) is 5.03. The van der Waals surface area contributed by atoms with E-state index >= 15 is 0 Å². The van der Waals surface area contributed by atoms with Gasteiger partial charge in [0, 0.05) is 18.8 Å². The quantitative estimate of drug-likeness (QED) is 0.774. The maximum absolute atomic E-state index is 13.3. The molecule has 0 unspecified atom stereocenters. The number of hydrogen-bond acceptors (Lipinski definition) is 3. The molecule has 0 atom stereocenters. The molecule has 6 nitrogen and oxygen atoms in total. The molecule has 0 aliphatic rings. The van der Waals surface area contributed by atoms with Crippen LogP contribution in [0.4, 0.5) is 14.9 Å². The number of carbonyl (C=O) groups excluding carboxylic acids is 1. The molecule has 0 saturated carbocycles. The zero-order valence-electron chi connectivity index (χ0n) is 13.8. The van der Waals surface area contributed by atoms with Gasteiger partial charge in [0.2, 0.25) is 0 Å². The third-order valence-electron chi connectivity index (χ3n) is 3.70. The summed E-state index contributed by atoms with van der Waals surface area (Å²) in [4.78, 5) is 15.5. The maximum Gasteiger partial charge on any atom is 0.322 e. The summed E-state index contributed by atoms with van der Waals surface area (Å²) >= 11 is 0. The average Bonchev–Trinajstić information content (AvgIpc) is 3.15. The van der Waals surface area contributed by atoms with Crippen molar-refractivity contribution < 1.29 is 9.18 Å². The van der Waals surface area contributed by atoms with E-state index in [0.717, 1.165) is 11.3 Å². The van der Waals surface area contributed by atoms with Gasteiger partial charge >= 0.3 is 6.03 Å². The van der Waals surface area contributed by atoms with Gasteiger partial charge in [-0.15, -0.1) is 0 Å². The largest absolute Gasteiger partial charge is 0.322 e. The summed E-state index contributed by atoms with van der Waals surface area (Å²) in [6, 6.07) is 13.2. The maximum atomic E-state index is 13.3. The van der Waals surface area contributed by atoms with Crippen LogP contribution in [0.5, 0.6) is 0 Å². The Balaban J connectivity index is 1.65. The number of carbonyl (C=O) groups is 1. The van der Waals surface area contributed by atoms with Crippen LogP contribution in [0.15, 0.2) is 60.9 Å². The molecule has 3 rings (SSSR count). The predicted molar refractivity (Wildman–Crippen MR) is 92.9 cm³/mol. The van der Waals surface area contributed by atoms with Crippen LogP contribution < -0.4 is 5.32 Å². The summed E-state index contributed by atoms with van der Waals surface area (Å²) in [5.41, 5.74) is 2.21. The van der Waals surface area contributed by atoms with Gasteiger partial charge in [-0.3, -0.25) is 0 Å². The second kappa shape index (κ2) is 7.57. The van der Waals surface area contributed by atoms with E-state index in [9.17, 15) is 9.18 Å². The van der Waals surface area contributed by atoms with Crippen LogP contribution in [-0.2, 0) is 6.54 Å². The molecular formula is C18H18FN5O. The fourth-order valence-corrected chi connectivity index (χ4v) is 2.41. The monoisotopic (exact) mass is 339 g/mol. The summed E-state index contributed by atoms with van der Waals surface area (Å²) < 4.78 is 13.3. The van der Waals surface area contributed by atoms with Crippen molar-refractivity contribution in [3.63, 3.8) is 0 Å². The average molecular weight is 339 g/mol. The summed E-state index contributed by atoms with van der Waals surface area (Å²) in [7, 11) is 0. The molecule has 1 N–H and O–H groups in total. The number of amides is 2. The molecule has 0 fully saturated rings. The van der Waals surface area contributed by atoms with Gasteiger partial charge in [-0.2, -0.15) is 15.0 Å². The van der Waals surface area contributed by atoms with E-state index in [1.54, 1.807) is 41.6 Å². The Morgan fingerprint density at radius 1 is 1.16 bits per heavy atom. The predicted octanol–water partition coefficient (Wildman–Crippen LogP) is 3.46. The van der Waals surface area contributed by atoms with E-state index in [2.05, 4.69) is 15.5 Å². The lowest BCUT2D eigenvalue weighted by Gasteiger charge is -2.21. The van der Waals surface area contributed by atoms with Crippen LogP contribution in [0.1, 0.15) is 12.5 Å². The van der Waals surface area contributed by atoms with Crippen LogP contribution in [0.2, 0.25) is 0 Å². The molecule has 0 radical (unpaired) electrons. The molecule has 0 aliphatic carbocycles. The lowest BCUT2D eigenvalue weighted by molar-refractivity contribution is 0.212. The van der Waals surface area contributed by atoms with Crippen molar-refractivity contribution in [2.24, 2.45) is 0 Å². The summed E-state index contributed by atoms with van der Waals surface area (Å²) in [6.45, 7) is 2.73. The normalized spacial score (nSPS) is 10.5. The van der Waals surface area contributed by atoms with E-state index < -0.39 is 0 Å². The zero-order chi connectivity index (χ0) is 17.6. The molecule has 1 aromatic heterocycles. The van der Waals surface area contributed by atoms with Gasteiger partial charge in [0.15, 0.2) is 0 Å². The van der Waals surface area contributed by atoms with Gasteiger partial charge in [0.1, 0.15) is 5.82 Å². The molecule has 25 heavy (non-hydrogen) atoms. The first kappa shape index (κ1) is 16.6. The Labute approximate surface area is 144 Å². The molecule has 0 bridgehead atoms. The third kappa shape index (κ3) is 4.20. The molecule has 1 heterocycles. The van der Waals surface area contributed by atoms with Crippen molar-refractivity contribution in [3.05, 3.63) is 72.3 Å². The van der Waals surface area contributed by atoms with Crippen LogP contribution in [0.3, 0.4) is 0 Å². The molecule has 3 aromatic rings. The fraction of sp³-hybridized carbons (Fsp3) is 0.167. The van der Waals surface area contributed by atoms with Gasteiger partial charge in [0.25, 0.3) is 0 Å². The van der Waals surface area contributed by atoms with Crippen molar-refractivity contribution in [3.8, 4) is 5.69 Å². The Morgan fingerprint density at radius 2 is 1.88 bits per heavy atom. The van der Waals surface area contributed by atoms with Crippen molar-refractivity contribution >= 4 is 11.7 Å². The van der Waals surface area contributed by atoms with E-state index in [-0.39, 0.29) is 11.8 Å². The van der Waals surface area contributed by atoms with Crippen molar-refractivity contribution in [1.82, 2.24) is 19.9 Å². The van der Waals surface area contributed by atoms with E-state index in [1.165, 1.54) is 16.9 Å². The van der Waals surface area contributed by atoms with E-state index in [0.29, 0.717) is 18.8 Å². The van der Waals surface area contributed by atoms with Crippen molar-refractivity contribution in [2.45, 2.75) is 13.5 Å². The highest BCUT2D eigenvalue weighted by molar-refractivity contribution is 5.89. The van der Waals surface area contributed by atoms with Crippen LogP contribution in [-0.4, -0.2) is 32.5 Å². The lowest BCUT2D eigenvalue weighted by Crippen LogP contribution is -2.34. The second-order valence-electron chi connectivity index (χ2n) is 5.44. The van der Waals surface area contributed by atoms with Crippen LogP contribution in [0, 0.1) is 5.82 Å². The standard InChI is InChI=1S/C18H18FN5O/c1-2-23(13-14-4-3-5-15(19)12-14)18(25)22-16-6-8-17(9-7-16)24-20-10-11-21-24/h3-12H,2,13H2,1H3,(H,22,25). The number of hydrogen-bond donors (Lipinski definition) is 1. The zero-order valence-corrected chi connectivity index (χ0v) is 13.8. The molecule has 0 spiro atoms. The minimum absolute atomic E-state index is 0.239. The Morgan fingerprint density at radius 3 is 2.52 bits per heavy atom. The van der Waals surface area contributed by atoms with Gasteiger partial charge in [-0.05, 0) is 48.9 Å². The topological polar surface area (TPSA) is 63.1 Å². The highest BCUT2D eigenvalue weighted by atomic mass is 19.1. The summed E-state index contributed by atoms with van der Waals surface area (Å²) in [5.74, 6) is -0.309. The highest BCUT2D eigenvalue weighted by Crippen LogP contribution is 2.14. The van der Waals surface area contributed by atoms with Gasteiger partial charge < -0.3 is 10.2 Å². The number of nitrogens with one attached hydrogen (secondary N) is 1.